The minimum absolute atomic E-state index is 0.419. The number of benzene rings is 1. The van der Waals surface area contributed by atoms with Crippen molar-refractivity contribution in [2.24, 2.45) is 0 Å². The van der Waals surface area contributed by atoms with Gasteiger partial charge in [-0.3, -0.25) is 4.79 Å². The van der Waals surface area contributed by atoms with Gasteiger partial charge in [0.25, 0.3) is 0 Å². The summed E-state index contributed by atoms with van der Waals surface area (Å²) in [6, 6.07) is 1.85. The first-order chi connectivity index (χ1) is 7.84. The third-order valence-electron chi connectivity index (χ3n) is 2.26. The van der Waals surface area contributed by atoms with Crippen molar-refractivity contribution in [2.45, 2.75) is 18.8 Å². The smallest absolute Gasteiger partial charge is 0.304 e. The Morgan fingerprint density at radius 3 is 2.24 bits per heavy atom. The zero-order valence-electron chi connectivity index (χ0n) is 8.47. The van der Waals surface area contributed by atoms with Crippen LogP contribution in [0, 0.1) is 0 Å². The average molecular weight is 248 g/mol. The summed E-state index contributed by atoms with van der Waals surface area (Å²) in [6.45, 7) is 0. The maximum Gasteiger partial charge on any atom is 0.304 e. The number of carboxylic acid groups (broad SMARTS) is 1. The Hall–Kier alpha value is -2.05. The van der Waals surface area contributed by atoms with Crippen LogP contribution in [0.3, 0.4) is 0 Å². The second-order valence-electron chi connectivity index (χ2n) is 3.41. The number of hydrogen-bond acceptors (Lipinski definition) is 4. The van der Waals surface area contributed by atoms with Crippen LogP contribution < -0.4 is 0 Å². The summed E-state index contributed by atoms with van der Waals surface area (Å²) in [5.41, 5.74) is -0.419. The Kier molecular flexibility index (Phi) is 3.72. The van der Waals surface area contributed by atoms with Crippen LogP contribution in [0.1, 0.15) is 17.9 Å². The monoisotopic (exact) mass is 248 g/mol. The van der Waals surface area contributed by atoms with Crippen molar-refractivity contribution in [1.82, 2.24) is 0 Å². The van der Waals surface area contributed by atoms with Gasteiger partial charge in [-0.05, 0) is 6.07 Å². The third-order valence-corrected chi connectivity index (χ3v) is 2.26. The summed E-state index contributed by atoms with van der Waals surface area (Å²) in [6.07, 6.45) is -3.91. The molecule has 0 aromatic heterocycles. The number of halogens is 2. The lowest BCUT2D eigenvalue weighted by atomic mass is 9.94. The highest BCUT2D eigenvalue weighted by Gasteiger charge is 2.29. The van der Waals surface area contributed by atoms with Crippen LogP contribution in [-0.2, 0) is 4.79 Å². The fourth-order valence-corrected chi connectivity index (χ4v) is 1.41. The Labute approximate surface area is 94.6 Å². The first-order valence-electron chi connectivity index (χ1n) is 4.58. The van der Waals surface area contributed by atoms with Gasteiger partial charge in [-0.2, -0.15) is 0 Å². The quantitative estimate of drug-likeness (QED) is 0.607. The molecular weight excluding hydrogens is 238 g/mol. The van der Waals surface area contributed by atoms with Gasteiger partial charge in [0.15, 0.2) is 11.5 Å². The lowest BCUT2D eigenvalue weighted by Crippen LogP contribution is -2.14. The number of hydrogen-bond donors (Lipinski definition) is 4. The van der Waals surface area contributed by atoms with E-state index < -0.39 is 47.5 Å². The molecule has 5 nitrogen and oxygen atoms in total. The van der Waals surface area contributed by atoms with Crippen molar-refractivity contribution in [3.05, 3.63) is 17.7 Å². The molecule has 0 saturated heterocycles. The number of alkyl halides is 2. The van der Waals surface area contributed by atoms with Gasteiger partial charge in [-0.15, -0.1) is 0 Å². The number of phenols is 3. The van der Waals surface area contributed by atoms with Gasteiger partial charge in [0.1, 0.15) is 0 Å². The predicted octanol–water partition coefficient (Wildman–Crippen LogP) is 1.63. The van der Waals surface area contributed by atoms with E-state index in [1.807, 2.05) is 0 Å². The summed E-state index contributed by atoms with van der Waals surface area (Å²) in [5.74, 6) is -5.76. The first kappa shape index (κ1) is 13.0. The van der Waals surface area contributed by atoms with Crippen LogP contribution >= 0.6 is 0 Å². The lowest BCUT2D eigenvalue weighted by molar-refractivity contribution is -0.138. The standard InChI is InChI=1S/C10H10F2O5/c11-10(12)5(3-7(14)15)4-1-2-6(13)9(17)8(4)16/h1-2,5,10,13,16-17H,3H2,(H,14,15). The van der Waals surface area contributed by atoms with Crippen LogP contribution in [0.4, 0.5) is 8.78 Å². The summed E-state index contributed by atoms with van der Waals surface area (Å²) < 4.78 is 25.3. The Morgan fingerprint density at radius 1 is 1.18 bits per heavy atom. The first-order valence-corrected chi connectivity index (χ1v) is 4.58. The zero-order valence-corrected chi connectivity index (χ0v) is 8.47. The molecule has 0 aliphatic rings. The molecule has 94 valence electrons. The Bertz CT molecular complexity index is 433. The summed E-state index contributed by atoms with van der Waals surface area (Å²) in [7, 11) is 0. The molecule has 0 bridgehead atoms. The molecule has 0 aliphatic heterocycles. The molecule has 0 radical (unpaired) electrons. The highest BCUT2D eigenvalue weighted by atomic mass is 19.3. The molecule has 7 heteroatoms. The van der Waals surface area contributed by atoms with Crippen molar-refractivity contribution in [3.63, 3.8) is 0 Å². The van der Waals surface area contributed by atoms with E-state index in [0.717, 1.165) is 12.1 Å². The van der Waals surface area contributed by atoms with Crippen LogP contribution in [0.25, 0.3) is 0 Å². The summed E-state index contributed by atoms with van der Waals surface area (Å²) in [4.78, 5) is 10.4. The van der Waals surface area contributed by atoms with E-state index in [1.165, 1.54) is 0 Å². The predicted molar refractivity (Wildman–Crippen MR) is 52.4 cm³/mol. The van der Waals surface area contributed by atoms with Crippen LogP contribution in [0.2, 0.25) is 0 Å². The molecule has 0 spiro atoms. The number of aromatic hydroxyl groups is 3. The normalized spacial score (nSPS) is 12.6. The molecule has 0 aliphatic carbocycles. The van der Waals surface area contributed by atoms with Gasteiger partial charge in [-0.1, -0.05) is 6.07 Å². The Morgan fingerprint density at radius 2 is 1.76 bits per heavy atom. The second-order valence-corrected chi connectivity index (χ2v) is 3.41. The van der Waals surface area contributed by atoms with Crippen molar-refractivity contribution < 1.29 is 34.0 Å². The molecule has 0 fully saturated rings. The number of rotatable bonds is 4. The van der Waals surface area contributed by atoms with Gasteiger partial charge in [0, 0.05) is 5.56 Å². The van der Waals surface area contributed by atoms with E-state index in [9.17, 15) is 18.7 Å². The Balaban J connectivity index is 3.19. The highest BCUT2D eigenvalue weighted by Crippen LogP contribution is 2.42. The van der Waals surface area contributed by atoms with E-state index in [-0.39, 0.29) is 0 Å². The van der Waals surface area contributed by atoms with Gasteiger partial charge >= 0.3 is 5.97 Å². The van der Waals surface area contributed by atoms with E-state index in [0.29, 0.717) is 0 Å². The molecule has 1 atom stereocenters. The molecule has 1 aromatic rings. The highest BCUT2D eigenvalue weighted by molar-refractivity contribution is 5.69. The van der Waals surface area contributed by atoms with Crippen LogP contribution in [0.15, 0.2) is 12.1 Å². The summed E-state index contributed by atoms with van der Waals surface area (Å²) >= 11 is 0. The summed E-state index contributed by atoms with van der Waals surface area (Å²) in [5, 5.41) is 36.0. The van der Waals surface area contributed by atoms with E-state index in [2.05, 4.69) is 0 Å². The molecule has 1 unspecified atom stereocenters. The van der Waals surface area contributed by atoms with Gasteiger partial charge < -0.3 is 20.4 Å². The average Bonchev–Trinajstić information content (AvgIpc) is 2.23. The molecule has 1 aromatic carbocycles. The van der Waals surface area contributed by atoms with Crippen LogP contribution in [0.5, 0.6) is 17.2 Å². The number of carbonyl (C=O) groups is 1. The van der Waals surface area contributed by atoms with Gasteiger partial charge in [0.2, 0.25) is 12.2 Å². The van der Waals surface area contributed by atoms with E-state index >= 15 is 0 Å². The zero-order chi connectivity index (χ0) is 13.2. The lowest BCUT2D eigenvalue weighted by Gasteiger charge is -2.16. The van der Waals surface area contributed by atoms with Crippen molar-refractivity contribution >= 4 is 5.97 Å². The minimum atomic E-state index is -3.01. The van der Waals surface area contributed by atoms with E-state index in [4.69, 9.17) is 15.3 Å². The van der Waals surface area contributed by atoms with Crippen molar-refractivity contribution in [2.75, 3.05) is 0 Å². The largest absolute Gasteiger partial charge is 0.504 e. The number of phenolic OH excluding ortho intramolecular Hbond substituents is 3. The third kappa shape index (κ3) is 2.74. The second kappa shape index (κ2) is 4.86. The van der Waals surface area contributed by atoms with Crippen molar-refractivity contribution in [1.29, 1.82) is 0 Å². The topological polar surface area (TPSA) is 98.0 Å². The number of carboxylic acids is 1. The maximum absolute atomic E-state index is 12.6. The van der Waals surface area contributed by atoms with Crippen molar-refractivity contribution in [3.8, 4) is 17.2 Å². The molecule has 17 heavy (non-hydrogen) atoms. The van der Waals surface area contributed by atoms with Crippen LogP contribution in [-0.4, -0.2) is 32.8 Å². The SMILES string of the molecule is O=C(O)CC(c1ccc(O)c(O)c1O)C(F)F. The van der Waals surface area contributed by atoms with Gasteiger partial charge in [0.05, 0.1) is 12.3 Å². The van der Waals surface area contributed by atoms with E-state index in [1.54, 1.807) is 0 Å². The molecule has 0 saturated carbocycles. The molecular formula is C10H10F2O5. The molecule has 4 N–H and O–H groups in total. The van der Waals surface area contributed by atoms with Gasteiger partial charge in [-0.25, -0.2) is 8.78 Å². The maximum atomic E-state index is 12.6. The fourth-order valence-electron chi connectivity index (χ4n) is 1.41. The molecule has 1 rings (SSSR count). The number of aliphatic carboxylic acids is 1. The molecule has 0 amide bonds. The molecule has 0 heterocycles. The minimum Gasteiger partial charge on any atom is -0.504 e. The fraction of sp³-hybridized carbons (Fsp3) is 0.300.